The van der Waals surface area contributed by atoms with Crippen LogP contribution in [0.4, 0.5) is 5.69 Å². The highest BCUT2D eigenvalue weighted by atomic mass is 32.2. The molecule has 0 saturated heterocycles. The molecular formula is C11H9N3O2S. The number of benzene rings is 1. The Labute approximate surface area is 102 Å². The molecule has 0 unspecified atom stereocenters. The van der Waals surface area contributed by atoms with Crippen LogP contribution in [0.5, 0.6) is 0 Å². The van der Waals surface area contributed by atoms with Gasteiger partial charge in [-0.1, -0.05) is 11.8 Å². The lowest BCUT2D eigenvalue weighted by molar-refractivity contribution is 0.0698. The number of aromatic nitrogens is 2. The van der Waals surface area contributed by atoms with E-state index in [2.05, 4.69) is 9.97 Å². The monoisotopic (exact) mass is 247 g/mol. The molecule has 0 aliphatic rings. The van der Waals surface area contributed by atoms with Gasteiger partial charge in [0.15, 0.2) is 0 Å². The van der Waals surface area contributed by atoms with Crippen LogP contribution in [-0.4, -0.2) is 21.0 Å². The average molecular weight is 247 g/mol. The third-order valence-corrected chi connectivity index (χ3v) is 2.93. The lowest BCUT2D eigenvalue weighted by Gasteiger charge is -2.04. The molecular weight excluding hydrogens is 238 g/mol. The summed E-state index contributed by atoms with van der Waals surface area (Å²) in [5, 5.41) is 9.64. The first kappa shape index (κ1) is 11.4. The summed E-state index contributed by atoms with van der Waals surface area (Å²) in [6.45, 7) is 0. The maximum absolute atomic E-state index is 10.9. The maximum Gasteiger partial charge on any atom is 0.337 e. The first-order chi connectivity index (χ1) is 8.16. The predicted octanol–water partition coefficient (Wildman–Crippen LogP) is 1.91. The van der Waals surface area contributed by atoms with Gasteiger partial charge in [0.05, 0.1) is 11.8 Å². The van der Waals surface area contributed by atoms with Gasteiger partial charge in [0.2, 0.25) is 0 Å². The van der Waals surface area contributed by atoms with Crippen molar-refractivity contribution in [1.82, 2.24) is 9.97 Å². The average Bonchev–Trinajstić information content (AvgIpc) is 2.32. The SMILES string of the molecule is Nc1ccc(Sc2cnccn2)cc1C(=O)O. The molecule has 1 aromatic carbocycles. The van der Waals surface area contributed by atoms with Crippen molar-refractivity contribution in [2.45, 2.75) is 9.92 Å². The number of anilines is 1. The highest BCUT2D eigenvalue weighted by Crippen LogP contribution is 2.27. The Bertz CT molecular complexity index is 546. The van der Waals surface area contributed by atoms with E-state index in [4.69, 9.17) is 10.8 Å². The molecule has 0 radical (unpaired) electrons. The van der Waals surface area contributed by atoms with Crippen LogP contribution in [0.25, 0.3) is 0 Å². The van der Waals surface area contributed by atoms with Gasteiger partial charge in [-0.2, -0.15) is 0 Å². The van der Waals surface area contributed by atoms with Gasteiger partial charge in [-0.05, 0) is 18.2 Å². The van der Waals surface area contributed by atoms with E-state index >= 15 is 0 Å². The van der Waals surface area contributed by atoms with Crippen molar-refractivity contribution in [3.8, 4) is 0 Å². The van der Waals surface area contributed by atoms with E-state index in [0.29, 0.717) is 5.03 Å². The molecule has 6 heteroatoms. The molecule has 0 saturated carbocycles. The van der Waals surface area contributed by atoms with E-state index in [1.54, 1.807) is 30.7 Å². The van der Waals surface area contributed by atoms with E-state index in [-0.39, 0.29) is 11.3 Å². The molecule has 0 aliphatic heterocycles. The zero-order chi connectivity index (χ0) is 12.3. The molecule has 86 valence electrons. The van der Waals surface area contributed by atoms with E-state index in [1.165, 1.54) is 17.8 Å². The highest BCUT2D eigenvalue weighted by molar-refractivity contribution is 7.99. The molecule has 2 rings (SSSR count). The van der Waals surface area contributed by atoms with Gasteiger partial charge in [0, 0.05) is 23.0 Å². The van der Waals surface area contributed by atoms with E-state index in [0.717, 1.165) is 4.90 Å². The number of aromatic carboxylic acids is 1. The minimum absolute atomic E-state index is 0.0962. The summed E-state index contributed by atoms with van der Waals surface area (Å²) in [5.74, 6) is -1.04. The summed E-state index contributed by atoms with van der Waals surface area (Å²) in [6.07, 6.45) is 4.77. The van der Waals surface area contributed by atoms with E-state index in [1.807, 2.05) is 0 Å². The van der Waals surface area contributed by atoms with Crippen molar-refractivity contribution in [2.24, 2.45) is 0 Å². The fourth-order valence-corrected chi connectivity index (χ4v) is 2.02. The molecule has 0 fully saturated rings. The summed E-state index contributed by atoms with van der Waals surface area (Å²) in [6, 6.07) is 4.85. The minimum atomic E-state index is -1.04. The number of carbonyl (C=O) groups is 1. The van der Waals surface area contributed by atoms with Gasteiger partial charge in [-0.25, -0.2) is 9.78 Å². The Morgan fingerprint density at radius 1 is 1.35 bits per heavy atom. The fraction of sp³-hybridized carbons (Fsp3) is 0. The smallest absolute Gasteiger partial charge is 0.337 e. The summed E-state index contributed by atoms with van der Waals surface area (Å²) in [5.41, 5.74) is 5.91. The van der Waals surface area contributed by atoms with Crippen molar-refractivity contribution in [3.63, 3.8) is 0 Å². The number of rotatable bonds is 3. The lowest BCUT2D eigenvalue weighted by Crippen LogP contribution is -2.02. The highest BCUT2D eigenvalue weighted by Gasteiger charge is 2.09. The third kappa shape index (κ3) is 2.73. The lowest BCUT2D eigenvalue weighted by atomic mass is 10.2. The second-order valence-corrected chi connectivity index (χ2v) is 4.29. The summed E-state index contributed by atoms with van der Waals surface area (Å²) < 4.78 is 0. The van der Waals surface area contributed by atoms with Crippen LogP contribution in [0.3, 0.4) is 0 Å². The van der Waals surface area contributed by atoms with E-state index < -0.39 is 5.97 Å². The quantitative estimate of drug-likeness (QED) is 0.805. The van der Waals surface area contributed by atoms with Gasteiger partial charge in [-0.15, -0.1) is 0 Å². The number of hydrogen-bond acceptors (Lipinski definition) is 5. The van der Waals surface area contributed by atoms with Crippen LogP contribution in [0.2, 0.25) is 0 Å². The van der Waals surface area contributed by atoms with Gasteiger partial charge < -0.3 is 10.8 Å². The molecule has 2 aromatic rings. The van der Waals surface area contributed by atoms with Gasteiger partial charge in [-0.3, -0.25) is 4.98 Å². The molecule has 0 bridgehead atoms. The molecule has 5 nitrogen and oxygen atoms in total. The summed E-state index contributed by atoms with van der Waals surface area (Å²) in [4.78, 5) is 19.7. The van der Waals surface area contributed by atoms with Crippen LogP contribution >= 0.6 is 11.8 Å². The fourth-order valence-electron chi connectivity index (χ4n) is 1.24. The first-order valence-electron chi connectivity index (χ1n) is 4.73. The van der Waals surface area contributed by atoms with Gasteiger partial charge in [0.1, 0.15) is 5.03 Å². The van der Waals surface area contributed by atoms with Gasteiger partial charge >= 0.3 is 5.97 Å². The Kier molecular flexibility index (Phi) is 3.24. The maximum atomic E-state index is 10.9. The number of hydrogen-bond donors (Lipinski definition) is 2. The standard InChI is InChI=1S/C11H9N3O2S/c12-9-2-1-7(5-8(9)11(15)16)17-10-6-13-3-4-14-10/h1-6H,12H2,(H,15,16). The van der Waals surface area contributed by atoms with Crippen molar-refractivity contribution < 1.29 is 9.90 Å². The largest absolute Gasteiger partial charge is 0.478 e. The molecule has 3 N–H and O–H groups in total. The molecule has 0 amide bonds. The van der Waals surface area contributed by atoms with Crippen LogP contribution in [0.15, 0.2) is 46.7 Å². The first-order valence-corrected chi connectivity index (χ1v) is 5.55. The number of nitrogens with zero attached hydrogens (tertiary/aromatic N) is 2. The van der Waals surface area contributed by atoms with Crippen LogP contribution in [-0.2, 0) is 0 Å². The molecule has 17 heavy (non-hydrogen) atoms. The normalized spacial score (nSPS) is 10.1. The number of nitrogen functional groups attached to an aromatic ring is 1. The van der Waals surface area contributed by atoms with Crippen molar-refractivity contribution in [1.29, 1.82) is 0 Å². The van der Waals surface area contributed by atoms with Crippen LogP contribution in [0, 0.1) is 0 Å². The second-order valence-electron chi connectivity index (χ2n) is 3.20. The second kappa shape index (κ2) is 4.84. The number of carboxylic acids is 1. The van der Waals surface area contributed by atoms with Crippen LogP contribution in [0.1, 0.15) is 10.4 Å². The van der Waals surface area contributed by atoms with E-state index in [9.17, 15) is 4.79 Å². The molecule has 0 spiro atoms. The zero-order valence-electron chi connectivity index (χ0n) is 8.70. The molecule has 0 aliphatic carbocycles. The Morgan fingerprint density at radius 2 is 2.18 bits per heavy atom. The molecule has 1 aromatic heterocycles. The Balaban J connectivity index is 2.29. The predicted molar refractivity (Wildman–Crippen MR) is 64.0 cm³/mol. The molecule has 1 heterocycles. The minimum Gasteiger partial charge on any atom is -0.478 e. The summed E-state index contributed by atoms with van der Waals surface area (Å²) in [7, 11) is 0. The topological polar surface area (TPSA) is 89.1 Å². The van der Waals surface area contributed by atoms with Crippen molar-refractivity contribution >= 4 is 23.4 Å². The number of nitrogens with two attached hydrogens (primary N) is 1. The molecule has 0 atom stereocenters. The van der Waals surface area contributed by atoms with Crippen molar-refractivity contribution in [2.75, 3.05) is 5.73 Å². The summed E-state index contributed by atoms with van der Waals surface area (Å²) >= 11 is 1.34. The third-order valence-electron chi connectivity index (χ3n) is 2.02. The van der Waals surface area contributed by atoms with Crippen molar-refractivity contribution in [3.05, 3.63) is 42.4 Å². The Morgan fingerprint density at radius 3 is 2.82 bits per heavy atom. The van der Waals surface area contributed by atoms with Gasteiger partial charge in [0.25, 0.3) is 0 Å². The zero-order valence-corrected chi connectivity index (χ0v) is 9.52. The van der Waals surface area contributed by atoms with Crippen LogP contribution < -0.4 is 5.73 Å². The number of carboxylic acid groups (broad SMARTS) is 1. The Hall–Kier alpha value is -2.08.